The standard InChI is InChI=1S/C9H17Br/c1-5-9(10)6-8(4)7(2)3/h9H,5-6H2,1-4H3. The first-order valence-corrected chi connectivity index (χ1v) is 4.76. The Balaban J connectivity index is 3.79. The van der Waals surface area contributed by atoms with E-state index in [1.54, 1.807) is 0 Å². The Labute approximate surface area is 72.8 Å². The number of hydrogen-bond donors (Lipinski definition) is 0. The Morgan fingerprint density at radius 3 is 2.10 bits per heavy atom. The molecule has 0 heterocycles. The molecular weight excluding hydrogens is 188 g/mol. The van der Waals surface area contributed by atoms with Gasteiger partial charge in [0.2, 0.25) is 0 Å². The zero-order valence-electron chi connectivity index (χ0n) is 7.37. The SMILES string of the molecule is CCC(Br)CC(C)=C(C)C. The molecule has 0 radical (unpaired) electrons. The highest BCUT2D eigenvalue weighted by Crippen LogP contribution is 2.17. The summed E-state index contributed by atoms with van der Waals surface area (Å²) in [6.07, 6.45) is 2.41. The fourth-order valence-corrected chi connectivity index (χ4v) is 1.17. The van der Waals surface area contributed by atoms with E-state index in [9.17, 15) is 0 Å². The van der Waals surface area contributed by atoms with Gasteiger partial charge < -0.3 is 0 Å². The molecule has 0 rings (SSSR count). The van der Waals surface area contributed by atoms with Crippen molar-refractivity contribution in [2.75, 3.05) is 0 Å². The van der Waals surface area contributed by atoms with Crippen molar-refractivity contribution >= 4 is 15.9 Å². The van der Waals surface area contributed by atoms with E-state index in [0.29, 0.717) is 4.83 Å². The Hall–Kier alpha value is 0.220. The first-order valence-electron chi connectivity index (χ1n) is 3.85. The smallest absolute Gasteiger partial charge is 0.0180 e. The molecule has 0 aromatic rings. The summed E-state index contributed by atoms with van der Waals surface area (Å²) in [5.74, 6) is 0. The van der Waals surface area contributed by atoms with E-state index in [1.165, 1.54) is 24.0 Å². The van der Waals surface area contributed by atoms with E-state index in [0.717, 1.165) is 0 Å². The van der Waals surface area contributed by atoms with Gasteiger partial charge >= 0.3 is 0 Å². The lowest BCUT2D eigenvalue weighted by Crippen LogP contribution is -1.96. The van der Waals surface area contributed by atoms with E-state index in [2.05, 4.69) is 43.6 Å². The Morgan fingerprint density at radius 2 is 1.80 bits per heavy atom. The Kier molecular flexibility index (Phi) is 5.06. The first kappa shape index (κ1) is 10.2. The number of halogens is 1. The maximum absolute atomic E-state index is 3.61. The van der Waals surface area contributed by atoms with Crippen LogP contribution in [0.5, 0.6) is 0 Å². The molecule has 0 N–H and O–H groups in total. The molecule has 0 saturated heterocycles. The lowest BCUT2D eigenvalue weighted by molar-refractivity contribution is 0.813. The Morgan fingerprint density at radius 1 is 1.30 bits per heavy atom. The summed E-state index contributed by atoms with van der Waals surface area (Å²) in [6.45, 7) is 8.76. The van der Waals surface area contributed by atoms with Gasteiger partial charge in [0.05, 0.1) is 0 Å². The number of alkyl halides is 1. The van der Waals surface area contributed by atoms with E-state index in [4.69, 9.17) is 0 Å². The molecule has 0 spiro atoms. The molecule has 60 valence electrons. The quantitative estimate of drug-likeness (QED) is 0.484. The largest absolute Gasteiger partial charge is 0.0887 e. The number of allylic oxidation sites excluding steroid dienone is 2. The second-order valence-electron chi connectivity index (χ2n) is 2.99. The van der Waals surface area contributed by atoms with Crippen molar-refractivity contribution < 1.29 is 0 Å². The summed E-state index contributed by atoms with van der Waals surface area (Å²) >= 11 is 3.61. The van der Waals surface area contributed by atoms with Gasteiger partial charge in [0.15, 0.2) is 0 Å². The molecule has 1 unspecified atom stereocenters. The van der Waals surface area contributed by atoms with Crippen LogP contribution in [0.25, 0.3) is 0 Å². The molecule has 1 heteroatoms. The summed E-state index contributed by atoms with van der Waals surface area (Å²) in [7, 11) is 0. The third kappa shape index (κ3) is 4.10. The van der Waals surface area contributed by atoms with Gasteiger partial charge in [-0.05, 0) is 33.6 Å². The third-order valence-electron chi connectivity index (χ3n) is 1.82. The lowest BCUT2D eigenvalue weighted by Gasteiger charge is -2.07. The molecule has 0 bridgehead atoms. The summed E-state index contributed by atoms with van der Waals surface area (Å²) in [5.41, 5.74) is 2.97. The van der Waals surface area contributed by atoms with Crippen LogP contribution in [0.3, 0.4) is 0 Å². The van der Waals surface area contributed by atoms with Gasteiger partial charge in [-0.2, -0.15) is 0 Å². The third-order valence-corrected chi connectivity index (χ3v) is 2.80. The topological polar surface area (TPSA) is 0 Å². The molecule has 1 atom stereocenters. The average Bonchev–Trinajstić information content (AvgIpc) is 1.87. The van der Waals surface area contributed by atoms with Crippen LogP contribution < -0.4 is 0 Å². The highest BCUT2D eigenvalue weighted by Gasteiger charge is 2.01. The zero-order chi connectivity index (χ0) is 8.15. The van der Waals surface area contributed by atoms with Crippen LogP contribution >= 0.6 is 15.9 Å². The van der Waals surface area contributed by atoms with Crippen molar-refractivity contribution in [3.05, 3.63) is 11.1 Å². The van der Waals surface area contributed by atoms with Gasteiger partial charge in [0.1, 0.15) is 0 Å². The minimum atomic E-state index is 0.669. The predicted octanol–water partition coefficient (Wildman–Crippen LogP) is 3.91. The summed E-state index contributed by atoms with van der Waals surface area (Å²) in [4.78, 5) is 0.669. The van der Waals surface area contributed by atoms with Crippen LogP contribution in [-0.2, 0) is 0 Å². The molecule has 0 nitrogen and oxygen atoms in total. The van der Waals surface area contributed by atoms with E-state index < -0.39 is 0 Å². The number of rotatable bonds is 3. The molecule has 0 saturated carbocycles. The van der Waals surface area contributed by atoms with Gasteiger partial charge in [-0.15, -0.1) is 0 Å². The highest BCUT2D eigenvalue weighted by molar-refractivity contribution is 9.09. The molecule has 10 heavy (non-hydrogen) atoms. The molecule has 0 fully saturated rings. The van der Waals surface area contributed by atoms with Crippen molar-refractivity contribution in [3.8, 4) is 0 Å². The van der Waals surface area contributed by atoms with Gasteiger partial charge in [-0.3, -0.25) is 0 Å². The van der Waals surface area contributed by atoms with Gasteiger partial charge in [-0.1, -0.05) is 34.0 Å². The monoisotopic (exact) mass is 204 g/mol. The van der Waals surface area contributed by atoms with Gasteiger partial charge in [0, 0.05) is 4.83 Å². The molecule has 0 aromatic heterocycles. The van der Waals surface area contributed by atoms with Crippen molar-refractivity contribution in [2.45, 2.75) is 45.4 Å². The van der Waals surface area contributed by atoms with Crippen molar-refractivity contribution in [1.29, 1.82) is 0 Å². The van der Waals surface area contributed by atoms with E-state index in [-0.39, 0.29) is 0 Å². The van der Waals surface area contributed by atoms with Crippen LogP contribution in [0.2, 0.25) is 0 Å². The van der Waals surface area contributed by atoms with Crippen molar-refractivity contribution in [2.24, 2.45) is 0 Å². The fourth-order valence-electron chi connectivity index (χ4n) is 0.681. The number of hydrogen-bond acceptors (Lipinski definition) is 0. The molecule has 0 aliphatic heterocycles. The molecular formula is C9H17Br. The molecule has 0 aromatic carbocycles. The van der Waals surface area contributed by atoms with Crippen LogP contribution in [0, 0.1) is 0 Å². The maximum Gasteiger partial charge on any atom is 0.0180 e. The van der Waals surface area contributed by atoms with E-state index in [1.807, 2.05) is 0 Å². The molecule has 0 amide bonds. The van der Waals surface area contributed by atoms with Crippen LogP contribution in [0.15, 0.2) is 11.1 Å². The van der Waals surface area contributed by atoms with Gasteiger partial charge in [0.25, 0.3) is 0 Å². The van der Waals surface area contributed by atoms with E-state index >= 15 is 0 Å². The second kappa shape index (κ2) is 4.95. The molecule has 0 aliphatic carbocycles. The zero-order valence-corrected chi connectivity index (χ0v) is 8.96. The van der Waals surface area contributed by atoms with Crippen LogP contribution in [-0.4, -0.2) is 4.83 Å². The fraction of sp³-hybridized carbons (Fsp3) is 0.778. The highest BCUT2D eigenvalue weighted by atomic mass is 79.9. The van der Waals surface area contributed by atoms with Crippen LogP contribution in [0.4, 0.5) is 0 Å². The summed E-state index contributed by atoms with van der Waals surface area (Å²) in [6, 6.07) is 0. The molecule has 0 aliphatic rings. The van der Waals surface area contributed by atoms with Gasteiger partial charge in [-0.25, -0.2) is 0 Å². The average molecular weight is 205 g/mol. The maximum atomic E-state index is 3.61. The minimum Gasteiger partial charge on any atom is -0.0887 e. The summed E-state index contributed by atoms with van der Waals surface area (Å²) < 4.78 is 0. The van der Waals surface area contributed by atoms with Crippen molar-refractivity contribution in [1.82, 2.24) is 0 Å². The normalized spacial score (nSPS) is 12.9. The predicted molar refractivity (Wildman–Crippen MR) is 51.7 cm³/mol. The Bertz CT molecular complexity index is 121. The van der Waals surface area contributed by atoms with Crippen LogP contribution in [0.1, 0.15) is 40.5 Å². The van der Waals surface area contributed by atoms with Crippen molar-refractivity contribution in [3.63, 3.8) is 0 Å². The lowest BCUT2D eigenvalue weighted by atomic mass is 10.1. The minimum absolute atomic E-state index is 0.669. The second-order valence-corrected chi connectivity index (χ2v) is 4.28. The first-order chi connectivity index (χ1) is 4.57. The summed E-state index contributed by atoms with van der Waals surface area (Å²) in [5, 5.41) is 0.